The first kappa shape index (κ1) is 15.0. The summed E-state index contributed by atoms with van der Waals surface area (Å²) in [5.41, 5.74) is 0.275. The molecule has 0 bridgehead atoms. The number of halogens is 1. The molecule has 0 saturated heterocycles. The van der Waals surface area contributed by atoms with Crippen molar-refractivity contribution in [2.75, 3.05) is 5.33 Å². The predicted molar refractivity (Wildman–Crippen MR) is 74.4 cm³/mol. The molecule has 0 aliphatic heterocycles. The van der Waals surface area contributed by atoms with Gasteiger partial charge in [-0.2, -0.15) is 0 Å². The van der Waals surface area contributed by atoms with Crippen LogP contribution in [0.1, 0.15) is 65.7 Å². The maximum atomic E-state index is 11.5. The summed E-state index contributed by atoms with van der Waals surface area (Å²) in [6.07, 6.45) is 8.00. The van der Waals surface area contributed by atoms with Gasteiger partial charge < -0.3 is 4.74 Å². The largest absolute Gasteiger partial charge is 0.460 e. The molecule has 0 heterocycles. The van der Waals surface area contributed by atoms with Crippen LogP contribution in [0.2, 0.25) is 0 Å². The van der Waals surface area contributed by atoms with E-state index < -0.39 is 0 Å². The summed E-state index contributed by atoms with van der Waals surface area (Å²) in [6.45, 7) is 5.74. The fourth-order valence-corrected chi connectivity index (χ4v) is 2.81. The zero-order valence-corrected chi connectivity index (χ0v) is 12.9. The summed E-state index contributed by atoms with van der Waals surface area (Å²) in [5.74, 6) is -0.0564. The van der Waals surface area contributed by atoms with Gasteiger partial charge in [0, 0.05) is 11.8 Å². The molecule has 1 saturated carbocycles. The Balaban J connectivity index is 1.99. The maximum Gasteiger partial charge on any atom is 0.306 e. The van der Waals surface area contributed by atoms with Crippen molar-refractivity contribution < 1.29 is 9.53 Å². The number of alkyl halides is 1. The summed E-state index contributed by atoms with van der Waals surface area (Å²) >= 11 is 3.58. The van der Waals surface area contributed by atoms with Gasteiger partial charge in [0.05, 0.1) is 0 Å². The van der Waals surface area contributed by atoms with Gasteiger partial charge in [-0.25, -0.2) is 0 Å². The zero-order valence-electron chi connectivity index (χ0n) is 11.4. The summed E-state index contributed by atoms with van der Waals surface area (Å²) in [6, 6.07) is 0. The van der Waals surface area contributed by atoms with E-state index in [0.29, 0.717) is 11.8 Å². The second-order valence-corrected chi connectivity index (χ2v) is 6.84. The number of hydrogen-bond acceptors (Lipinski definition) is 2. The zero-order chi connectivity index (χ0) is 12.9. The minimum Gasteiger partial charge on any atom is -0.460 e. The van der Waals surface area contributed by atoms with Crippen LogP contribution in [0.3, 0.4) is 0 Å². The Morgan fingerprint density at radius 3 is 2.35 bits per heavy atom. The Kier molecular flexibility index (Phi) is 5.49. The molecule has 0 aromatic heterocycles. The van der Waals surface area contributed by atoms with Crippen molar-refractivity contribution in [3.05, 3.63) is 0 Å². The van der Waals surface area contributed by atoms with Gasteiger partial charge in [0.1, 0.15) is 5.60 Å². The van der Waals surface area contributed by atoms with Crippen LogP contribution in [0.4, 0.5) is 0 Å². The first-order valence-corrected chi connectivity index (χ1v) is 7.77. The van der Waals surface area contributed by atoms with Crippen molar-refractivity contribution in [1.82, 2.24) is 0 Å². The summed E-state index contributed by atoms with van der Waals surface area (Å²) in [4.78, 5) is 11.5. The molecule has 1 rings (SSSR count). The van der Waals surface area contributed by atoms with Crippen molar-refractivity contribution in [1.29, 1.82) is 0 Å². The van der Waals surface area contributed by atoms with E-state index in [1.807, 2.05) is 20.8 Å². The Hall–Kier alpha value is -0.0500. The van der Waals surface area contributed by atoms with E-state index in [1.54, 1.807) is 0 Å². The number of unbranched alkanes of at least 4 members (excludes halogenated alkanes) is 2. The fourth-order valence-electron chi connectivity index (χ4n) is 1.97. The Morgan fingerprint density at radius 1 is 1.24 bits per heavy atom. The summed E-state index contributed by atoms with van der Waals surface area (Å²) in [5, 5.41) is 1.14. The van der Waals surface area contributed by atoms with E-state index in [2.05, 4.69) is 15.9 Å². The number of hydrogen-bond donors (Lipinski definition) is 0. The van der Waals surface area contributed by atoms with Gasteiger partial charge in [-0.15, -0.1) is 0 Å². The third kappa shape index (κ3) is 6.44. The van der Waals surface area contributed by atoms with Crippen molar-refractivity contribution in [2.24, 2.45) is 5.41 Å². The van der Waals surface area contributed by atoms with Gasteiger partial charge in [0.25, 0.3) is 0 Å². The van der Waals surface area contributed by atoms with E-state index in [-0.39, 0.29) is 11.6 Å². The van der Waals surface area contributed by atoms with Crippen LogP contribution in [0, 0.1) is 5.41 Å². The lowest BCUT2D eigenvalue weighted by Gasteiger charge is -2.19. The second-order valence-electron chi connectivity index (χ2n) is 6.28. The highest BCUT2D eigenvalue weighted by Gasteiger charge is 2.40. The molecule has 0 radical (unpaired) electrons. The van der Waals surface area contributed by atoms with Crippen molar-refractivity contribution in [3.63, 3.8) is 0 Å². The molecule has 1 aliphatic carbocycles. The van der Waals surface area contributed by atoms with Crippen LogP contribution in [-0.2, 0) is 9.53 Å². The van der Waals surface area contributed by atoms with Gasteiger partial charge in [-0.1, -0.05) is 28.8 Å². The molecule has 0 aromatic rings. The van der Waals surface area contributed by atoms with E-state index in [4.69, 9.17) is 4.74 Å². The lowest BCUT2D eigenvalue weighted by molar-refractivity contribution is -0.154. The lowest BCUT2D eigenvalue weighted by atomic mass is 10.0. The monoisotopic (exact) mass is 304 g/mol. The molecule has 100 valence electrons. The van der Waals surface area contributed by atoms with Gasteiger partial charge in [0.2, 0.25) is 0 Å². The Bertz CT molecular complexity index is 251. The van der Waals surface area contributed by atoms with Crippen LogP contribution >= 0.6 is 15.9 Å². The van der Waals surface area contributed by atoms with Gasteiger partial charge in [-0.3, -0.25) is 4.79 Å². The average Bonchev–Trinajstić information content (AvgIpc) is 2.95. The third-order valence-corrected chi connectivity index (χ3v) is 4.44. The highest BCUT2D eigenvalue weighted by Crippen LogP contribution is 2.51. The molecule has 17 heavy (non-hydrogen) atoms. The van der Waals surface area contributed by atoms with Crippen LogP contribution in [0.5, 0.6) is 0 Å². The van der Waals surface area contributed by atoms with E-state index in [9.17, 15) is 4.79 Å². The molecule has 0 aromatic carbocycles. The normalized spacial score (nSPS) is 17.9. The van der Waals surface area contributed by atoms with Gasteiger partial charge in [-0.05, 0) is 51.9 Å². The van der Waals surface area contributed by atoms with Crippen LogP contribution in [0.25, 0.3) is 0 Å². The minimum absolute atomic E-state index is 0.0564. The van der Waals surface area contributed by atoms with E-state index >= 15 is 0 Å². The molecule has 2 nitrogen and oxygen atoms in total. The highest BCUT2D eigenvalue weighted by molar-refractivity contribution is 9.09. The average molecular weight is 305 g/mol. The maximum absolute atomic E-state index is 11.5. The number of rotatable bonds is 7. The molecule has 1 fully saturated rings. The van der Waals surface area contributed by atoms with E-state index in [1.165, 1.54) is 25.7 Å². The van der Waals surface area contributed by atoms with Crippen LogP contribution < -0.4 is 0 Å². The predicted octanol–water partition coefficient (Wildman–Crippen LogP) is 4.45. The quantitative estimate of drug-likeness (QED) is 0.394. The molecule has 1 aliphatic rings. The Labute approximate surface area is 114 Å². The molecule has 0 N–H and O–H groups in total. The van der Waals surface area contributed by atoms with Crippen molar-refractivity contribution >= 4 is 21.9 Å². The molecule has 3 heteroatoms. The van der Waals surface area contributed by atoms with E-state index in [0.717, 1.165) is 18.2 Å². The fraction of sp³-hybridized carbons (Fsp3) is 0.929. The summed E-state index contributed by atoms with van der Waals surface area (Å²) < 4.78 is 5.27. The number of carbonyl (C=O) groups excluding carboxylic acids is 1. The lowest BCUT2D eigenvalue weighted by Crippen LogP contribution is -2.23. The SMILES string of the molecule is CC(C)(C)OC(=O)CCCCCC1(CBr)CC1. The topological polar surface area (TPSA) is 26.3 Å². The summed E-state index contributed by atoms with van der Waals surface area (Å²) in [7, 11) is 0. The molecular weight excluding hydrogens is 280 g/mol. The first-order chi connectivity index (χ1) is 7.87. The van der Waals surface area contributed by atoms with Crippen LogP contribution in [-0.4, -0.2) is 16.9 Å². The molecule has 0 spiro atoms. The molecule has 0 unspecified atom stereocenters. The highest BCUT2D eigenvalue weighted by atomic mass is 79.9. The van der Waals surface area contributed by atoms with Crippen molar-refractivity contribution in [2.45, 2.75) is 71.3 Å². The third-order valence-electron chi connectivity index (χ3n) is 3.25. The second kappa shape index (κ2) is 6.21. The molecular formula is C14H25BrO2. The minimum atomic E-state index is -0.342. The van der Waals surface area contributed by atoms with Crippen LogP contribution in [0.15, 0.2) is 0 Å². The van der Waals surface area contributed by atoms with Crippen molar-refractivity contribution in [3.8, 4) is 0 Å². The number of esters is 1. The Morgan fingerprint density at radius 2 is 1.88 bits per heavy atom. The number of ether oxygens (including phenoxy) is 1. The first-order valence-electron chi connectivity index (χ1n) is 6.65. The van der Waals surface area contributed by atoms with Gasteiger partial charge in [0.15, 0.2) is 0 Å². The number of carbonyl (C=O) groups is 1. The van der Waals surface area contributed by atoms with Gasteiger partial charge >= 0.3 is 5.97 Å². The molecule has 0 amide bonds. The molecule has 0 atom stereocenters. The standard InChI is InChI=1S/C14H25BrO2/c1-13(2,3)17-12(16)7-5-4-6-8-14(11-15)9-10-14/h4-11H2,1-3H3. The smallest absolute Gasteiger partial charge is 0.306 e.